The summed E-state index contributed by atoms with van der Waals surface area (Å²) < 4.78 is 5.55. The lowest BCUT2D eigenvalue weighted by molar-refractivity contribution is -0.134. The molecule has 2 N–H and O–H groups in total. The van der Waals surface area contributed by atoms with Gasteiger partial charge in [0, 0.05) is 44.8 Å². The van der Waals surface area contributed by atoms with E-state index < -0.39 is 0 Å². The predicted octanol–water partition coefficient (Wildman–Crippen LogP) is 8.22. The number of amides is 2. The summed E-state index contributed by atoms with van der Waals surface area (Å²) in [5.41, 5.74) is 4.91. The molecule has 8 nitrogen and oxygen atoms in total. The van der Waals surface area contributed by atoms with Crippen molar-refractivity contribution in [3.8, 4) is 0 Å². The molecule has 0 aromatic heterocycles. The number of likely N-dealkylation sites (tertiary alicyclic amines) is 1. The normalized spacial score (nSPS) is 16.3. The van der Waals surface area contributed by atoms with Crippen molar-refractivity contribution in [2.45, 2.75) is 76.1 Å². The van der Waals surface area contributed by atoms with E-state index >= 15 is 0 Å². The monoisotopic (exact) mass is 795 g/mol. The zero-order valence-corrected chi connectivity index (χ0v) is 35.1. The van der Waals surface area contributed by atoms with Crippen molar-refractivity contribution in [1.29, 1.82) is 0 Å². The van der Waals surface area contributed by atoms with E-state index in [9.17, 15) is 9.59 Å². The van der Waals surface area contributed by atoms with Crippen LogP contribution >= 0.6 is 12.4 Å². The number of halogens is 1. The van der Waals surface area contributed by atoms with Gasteiger partial charge in [0.1, 0.15) is 6.61 Å². The molecule has 2 amide bonds. The molecule has 2 heterocycles. The maximum atomic E-state index is 13.2. The number of hydrogen-bond donors (Lipinski definition) is 2. The zero-order chi connectivity index (χ0) is 39.8. The van der Waals surface area contributed by atoms with E-state index in [1.165, 1.54) is 23.1 Å². The van der Waals surface area contributed by atoms with Crippen LogP contribution in [0.5, 0.6) is 0 Å². The summed E-state index contributed by atoms with van der Waals surface area (Å²) in [5, 5.41) is 6.73. The van der Waals surface area contributed by atoms with Gasteiger partial charge in [0.15, 0.2) is 0 Å². The average Bonchev–Trinajstić information content (AvgIpc) is 3.96. The second-order valence-corrected chi connectivity index (χ2v) is 14.7. The summed E-state index contributed by atoms with van der Waals surface area (Å²) in [4.78, 5) is 32.2. The molecule has 2 fully saturated rings. The highest BCUT2D eigenvalue weighted by Gasteiger charge is 2.33. The minimum absolute atomic E-state index is 0. The van der Waals surface area contributed by atoms with Crippen LogP contribution in [0.1, 0.15) is 54.4 Å². The summed E-state index contributed by atoms with van der Waals surface area (Å²) in [6, 6.07) is 41.8. The second-order valence-electron chi connectivity index (χ2n) is 14.7. The molecule has 6 rings (SSSR count). The molecule has 0 spiro atoms. The number of benzene rings is 4. The molecule has 0 unspecified atom stereocenters. The minimum Gasteiger partial charge on any atom is -0.445 e. The molecule has 4 aromatic rings. The van der Waals surface area contributed by atoms with Gasteiger partial charge in [0.2, 0.25) is 5.91 Å². The molecule has 4 aromatic carbocycles. The number of aryl methyl sites for hydroxylation is 1. The summed E-state index contributed by atoms with van der Waals surface area (Å²) in [7, 11) is 4.08. The van der Waals surface area contributed by atoms with Gasteiger partial charge in [-0.3, -0.25) is 4.79 Å². The van der Waals surface area contributed by atoms with Crippen molar-refractivity contribution in [2.75, 3.05) is 53.4 Å². The maximum absolute atomic E-state index is 13.2. The molecule has 0 saturated carbocycles. The Morgan fingerprint density at radius 1 is 0.754 bits per heavy atom. The maximum Gasteiger partial charge on any atom is 0.410 e. The first-order valence-electron chi connectivity index (χ1n) is 20.5. The molecule has 3 atom stereocenters. The van der Waals surface area contributed by atoms with Crippen LogP contribution < -0.4 is 10.6 Å². The van der Waals surface area contributed by atoms with E-state index in [0.29, 0.717) is 31.8 Å². The summed E-state index contributed by atoms with van der Waals surface area (Å²) in [6.07, 6.45) is 7.94. The Kier molecular flexibility index (Phi) is 22.4. The smallest absolute Gasteiger partial charge is 0.410 e. The molecule has 2 aliphatic heterocycles. The Bertz CT molecular complexity index is 1640. The van der Waals surface area contributed by atoms with E-state index in [0.717, 1.165) is 76.7 Å². The van der Waals surface area contributed by atoms with Crippen molar-refractivity contribution < 1.29 is 14.3 Å². The number of rotatable bonds is 17. The number of carbonyl (C=O) groups excluding carboxylic acids is 2. The fourth-order valence-electron chi connectivity index (χ4n) is 7.43. The first kappa shape index (κ1) is 46.9. The van der Waals surface area contributed by atoms with Gasteiger partial charge in [-0.05, 0) is 94.3 Å². The third kappa shape index (κ3) is 16.9. The topological polar surface area (TPSA) is 77.2 Å². The third-order valence-electron chi connectivity index (χ3n) is 10.6. The van der Waals surface area contributed by atoms with Gasteiger partial charge in [-0.25, -0.2) is 4.79 Å². The SMILES string of the molecule is C=C.CN[C@@H](CCc1ccccc1)C(=O)N1CCC[C@H]1CN(C)CCc1ccccc1.Cl.O=C(OCc1ccccc1)N(CCc1ccccc1)C[C@@H]1CCCN1. The second kappa shape index (κ2) is 27.2. The van der Waals surface area contributed by atoms with Crippen LogP contribution in [0, 0.1) is 0 Å². The van der Waals surface area contributed by atoms with E-state index in [-0.39, 0.29) is 30.4 Å². The van der Waals surface area contributed by atoms with Crippen molar-refractivity contribution in [3.63, 3.8) is 0 Å². The van der Waals surface area contributed by atoms with E-state index in [1.54, 1.807) is 0 Å². The van der Waals surface area contributed by atoms with Gasteiger partial charge < -0.3 is 30.1 Å². The number of carbonyl (C=O) groups is 2. The van der Waals surface area contributed by atoms with E-state index in [4.69, 9.17) is 4.74 Å². The summed E-state index contributed by atoms with van der Waals surface area (Å²) >= 11 is 0. The molecule has 0 bridgehead atoms. The first-order chi connectivity index (χ1) is 27.5. The molecular weight excluding hydrogens is 730 g/mol. The van der Waals surface area contributed by atoms with Crippen LogP contribution in [0.3, 0.4) is 0 Å². The molecule has 9 heteroatoms. The molecule has 2 aliphatic rings. The number of likely N-dealkylation sites (N-methyl/N-ethyl adjacent to an activating group) is 2. The van der Waals surface area contributed by atoms with Crippen LogP contribution in [0.15, 0.2) is 134 Å². The highest BCUT2D eigenvalue weighted by atomic mass is 35.5. The quantitative estimate of drug-likeness (QED) is 0.105. The summed E-state index contributed by atoms with van der Waals surface area (Å²) in [6.45, 7) is 11.6. The lowest BCUT2D eigenvalue weighted by Crippen LogP contribution is -2.50. The van der Waals surface area contributed by atoms with Crippen LogP contribution in [-0.4, -0.2) is 98.2 Å². The molecule has 57 heavy (non-hydrogen) atoms. The van der Waals surface area contributed by atoms with Crippen molar-refractivity contribution in [3.05, 3.63) is 157 Å². The van der Waals surface area contributed by atoms with Crippen molar-refractivity contribution >= 4 is 24.4 Å². The van der Waals surface area contributed by atoms with E-state index in [1.807, 2.05) is 66.5 Å². The molecular formula is C48H66ClN5O3. The number of hydrogen-bond acceptors (Lipinski definition) is 6. The van der Waals surface area contributed by atoms with Gasteiger partial charge in [-0.2, -0.15) is 0 Å². The van der Waals surface area contributed by atoms with Gasteiger partial charge >= 0.3 is 6.09 Å². The first-order valence-corrected chi connectivity index (χ1v) is 20.5. The fourth-order valence-corrected chi connectivity index (χ4v) is 7.43. The average molecular weight is 797 g/mol. The Hall–Kier alpha value is -4.47. The largest absolute Gasteiger partial charge is 0.445 e. The zero-order valence-electron chi connectivity index (χ0n) is 34.3. The lowest BCUT2D eigenvalue weighted by atomic mass is 10.0. The lowest BCUT2D eigenvalue weighted by Gasteiger charge is -2.31. The fraction of sp³-hybridized carbons (Fsp3) is 0.417. The van der Waals surface area contributed by atoms with Crippen molar-refractivity contribution in [1.82, 2.24) is 25.3 Å². The predicted molar refractivity (Wildman–Crippen MR) is 238 cm³/mol. The van der Waals surface area contributed by atoms with Gasteiger partial charge in [-0.15, -0.1) is 25.6 Å². The van der Waals surface area contributed by atoms with E-state index in [2.05, 4.69) is 107 Å². The molecule has 0 aliphatic carbocycles. The Morgan fingerprint density at radius 3 is 1.81 bits per heavy atom. The Morgan fingerprint density at radius 2 is 1.28 bits per heavy atom. The van der Waals surface area contributed by atoms with Gasteiger partial charge in [0.05, 0.1) is 6.04 Å². The molecule has 2 saturated heterocycles. The molecule has 0 radical (unpaired) electrons. The highest BCUT2D eigenvalue weighted by molar-refractivity contribution is 5.85. The number of ether oxygens (including phenoxy) is 1. The highest BCUT2D eigenvalue weighted by Crippen LogP contribution is 2.21. The van der Waals surface area contributed by atoms with Gasteiger partial charge in [0.25, 0.3) is 0 Å². The van der Waals surface area contributed by atoms with Crippen molar-refractivity contribution in [2.24, 2.45) is 0 Å². The number of nitrogens with one attached hydrogen (secondary N) is 2. The molecule has 308 valence electrons. The van der Waals surface area contributed by atoms with Crippen LogP contribution in [0.2, 0.25) is 0 Å². The minimum atomic E-state index is -0.228. The Labute approximate surface area is 349 Å². The third-order valence-corrected chi connectivity index (χ3v) is 10.6. The van der Waals surface area contributed by atoms with Crippen LogP contribution in [0.4, 0.5) is 4.79 Å². The Balaban J connectivity index is 0.000000290. The standard InChI is InChI=1S/C25H35N3O.C21H26N2O2.C2H4.ClH/c1-26-24(16-15-21-10-5-3-6-11-21)25(29)28-18-9-14-23(28)20-27(2)19-17-22-12-7-4-8-13-22;24-21(25-17-19-10-5-2-6-11-19)23(16-20-12-7-14-22-20)15-13-18-8-3-1-4-9-18;1-2;/h3-8,10-13,23-24,26H,9,14-20H2,1-2H3;1-6,8-11,20,22H,7,12-17H2;1-2H2;1H/t23-,24-;20-;;/m00../s1. The van der Waals surface area contributed by atoms with Crippen LogP contribution in [-0.2, 0) is 35.4 Å². The number of nitrogens with zero attached hydrogens (tertiary/aromatic N) is 3. The van der Waals surface area contributed by atoms with Crippen LogP contribution in [0.25, 0.3) is 0 Å². The van der Waals surface area contributed by atoms with Gasteiger partial charge in [-0.1, -0.05) is 121 Å². The summed E-state index contributed by atoms with van der Waals surface area (Å²) in [5.74, 6) is 0.266.